The van der Waals surface area contributed by atoms with Crippen LogP contribution >= 0.6 is 27.5 Å². The van der Waals surface area contributed by atoms with Crippen LogP contribution in [0.2, 0.25) is 5.02 Å². The van der Waals surface area contributed by atoms with Crippen LogP contribution in [-0.4, -0.2) is 18.7 Å². The number of nitrogens with one attached hydrogen (secondary N) is 1. The molecule has 0 atom stereocenters. The zero-order chi connectivity index (χ0) is 22.1. The van der Waals surface area contributed by atoms with Crippen LogP contribution in [-0.2, 0) is 17.8 Å². The van der Waals surface area contributed by atoms with E-state index < -0.39 is 0 Å². The number of ether oxygens (including phenoxy) is 2. The van der Waals surface area contributed by atoms with Crippen LogP contribution in [0.25, 0.3) is 0 Å². The fourth-order valence-electron chi connectivity index (χ4n) is 2.75. The number of carbonyl (C=O) groups is 1. The maximum absolute atomic E-state index is 12.0. The fraction of sp³-hybridized carbons (Fsp3) is 0.167. The zero-order valence-corrected chi connectivity index (χ0v) is 19.3. The summed E-state index contributed by atoms with van der Waals surface area (Å²) < 4.78 is 12.3. The SMILES string of the molecule is CCc1cc(Br)ccc1OCC(=O)N/N=C/c1ccc(OCc2ccccc2Cl)cc1. The van der Waals surface area contributed by atoms with E-state index in [-0.39, 0.29) is 12.5 Å². The van der Waals surface area contributed by atoms with Crippen molar-refractivity contribution in [3.63, 3.8) is 0 Å². The normalized spacial score (nSPS) is 10.8. The second-order valence-electron chi connectivity index (χ2n) is 6.64. The molecule has 0 radical (unpaired) electrons. The molecule has 0 saturated heterocycles. The number of halogens is 2. The van der Waals surface area contributed by atoms with E-state index in [4.69, 9.17) is 21.1 Å². The van der Waals surface area contributed by atoms with Crippen molar-refractivity contribution in [3.8, 4) is 11.5 Å². The Labute approximate surface area is 195 Å². The van der Waals surface area contributed by atoms with Crippen molar-refractivity contribution >= 4 is 39.7 Å². The van der Waals surface area contributed by atoms with E-state index in [1.165, 1.54) is 0 Å². The van der Waals surface area contributed by atoms with Crippen molar-refractivity contribution in [2.45, 2.75) is 20.0 Å². The van der Waals surface area contributed by atoms with Crippen LogP contribution in [0, 0.1) is 0 Å². The van der Waals surface area contributed by atoms with Crippen LogP contribution in [0.15, 0.2) is 76.3 Å². The molecule has 0 aliphatic carbocycles. The minimum absolute atomic E-state index is 0.110. The molecule has 0 fully saturated rings. The van der Waals surface area contributed by atoms with Crippen molar-refractivity contribution in [2.24, 2.45) is 5.10 Å². The monoisotopic (exact) mass is 500 g/mol. The molecule has 31 heavy (non-hydrogen) atoms. The molecule has 0 spiro atoms. The number of rotatable bonds is 9. The average molecular weight is 502 g/mol. The molecule has 7 heteroatoms. The van der Waals surface area contributed by atoms with E-state index in [0.29, 0.717) is 17.4 Å². The maximum atomic E-state index is 12.0. The van der Waals surface area contributed by atoms with Gasteiger partial charge in [0, 0.05) is 15.1 Å². The zero-order valence-electron chi connectivity index (χ0n) is 17.0. The summed E-state index contributed by atoms with van der Waals surface area (Å²) in [5, 5.41) is 4.65. The molecule has 3 rings (SSSR count). The van der Waals surface area contributed by atoms with Gasteiger partial charge >= 0.3 is 0 Å². The molecule has 1 N–H and O–H groups in total. The lowest BCUT2D eigenvalue weighted by atomic mass is 10.1. The molecule has 1 amide bonds. The molecule has 0 unspecified atom stereocenters. The molecule has 160 valence electrons. The third-order valence-corrected chi connectivity index (χ3v) is 5.26. The third-order valence-electron chi connectivity index (χ3n) is 4.40. The molecule has 3 aromatic rings. The number of aryl methyl sites for hydroxylation is 1. The lowest BCUT2D eigenvalue weighted by Crippen LogP contribution is -2.24. The molecule has 3 aromatic carbocycles. The Morgan fingerprint density at radius 1 is 1.06 bits per heavy atom. The second-order valence-corrected chi connectivity index (χ2v) is 7.96. The quantitative estimate of drug-likeness (QED) is 0.299. The molecule has 0 aromatic heterocycles. The number of hydrogen-bond acceptors (Lipinski definition) is 4. The number of benzene rings is 3. The van der Waals surface area contributed by atoms with Gasteiger partial charge in [0.25, 0.3) is 5.91 Å². The Balaban J connectivity index is 1.45. The van der Waals surface area contributed by atoms with Gasteiger partial charge in [0.05, 0.1) is 6.21 Å². The summed E-state index contributed by atoms with van der Waals surface area (Å²) in [6.07, 6.45) is 2.37. The minimum Gasteiger partial charge on any atom is -0.489 e. The van der Waals surface area contributed by atoms with Crippen molar-refractivity contribution in [2.75, 3.05) is 6.61 Å². The predicted molar refractivity (Wildman–Crippen MR) is 127 cm³/mol. The van der Waals surface area contributed by atoms with Gasteiger partial charge < -0.3 is 9.47 Å². The fourth-order valence-corrected chi connectivity index (χ4v) is 3.34. The van der Waals surface area contributed by atoms with E-state index in [0.717, 1.165) is 33.3 Å². The topological polar surface area (TPSA) is 59.9 Å². The van der Waals surface area contributed by atoms with Gasteiger partial charge in [-0.15, -0.1) is 0 Å². The first kappa shape index (κ1) is 22.8. The molecule has 5 nitrogen and oxygen atoms in total. The van der Waals surface area contributed by atoms with Crippen LogP contribution < -0.4 is 14.9 Å². The number of hydrazone groups is 1. The number of hydrogen-bond donors (Lipinski definition) is 1. The minimum atomic E-state index is -0.332. The molecule has 0 aliphatic heterocycles. The summed E-state index contributed by atoms with van der Waals surface area (Å²) in [5.74, 6) is 1.08. The highest BCUT2D eigenvalue weighted by molar-refractivity contribution is 9.10. The predicted octanol–water partition coefficient (Wildman–Crippen LogP) is 5.77. The van der Waals surface area contributed by atoms with Gasteiger partial charge in [0.2, 0.25) is 0 Å². The van der Waals surface area contributed by atoms with E-state index >= 15 is 0 Å². The Morgan fingerprint density at radius 3 is 2.58 bits per heavy atom. The van der Waals surface area contributed by atoms with E-state index in [1.807, 2.05) is 73.7 Å². The van der Waals surface area contributed by atoms with Gasteiger partial charge in [-0.05, 0) is 66.1 Å². The molecule has 0 aliphatic rings. The maximum Gasteiger partial charge on any atom is 0.277 e. The summed E-state index contributed by atoms with van der Waals surface area (Å²) in [7, 11) is 0. The standard InChI is InChI=1S/C24H22BrClN2O3/c1-2-18-13-20(25)9-12-23(18)31-16-24(29)28-27-14-17-7-10-21(11-8-17)30-15-19-5-3-4-6-22(19)26/h3-14H,2,15-16H2,1H3,(H,28,29)/b27-14+. The van der Waals surface area contributed by atoms with Crippen molar-refractivity contribution < 1.29 is 14.3 Å². The average Bonchev–Trinajstić information content (AvgIpc) is 2.78. The number of nitrogens with zero attached hydrogens (tertiary/aromatic N) is 1. The molecule has 0 saturated carbocycles. The summed E-state index contributed by atoms with van der Waals surface area (Å²) in [6.45, 7) is 2.31. The van der Waals surface area contributed by atoms with Crippen molar-refractivity contribution in [3.05, 3.63) is 92.9 Å². The largest absolute Gasteiger partial charge is 0.489 e. The first-order valence-corrected chi connectivity index (χ1v) is 10.9. The van der Waals surface area contributed by atoms with Crippen molar-refractivity contribution in [1.29, 1.82) is 0 Å². The van der Waals surface area contributed by atoms with Crippen LogP contribution in [0.3, 0.4) is 0 Å². The highest BCUT2D eigenvalue weighted by Crippen LogP contribution is 2.23. The Kier molecular flexibility index (Phi) is 8.50. The van der Waals surface area contributed by atoms with Crippen LogP contribution in [0.5, 0.6) is 11.5 Å². The van der Waals surface area contributed by atoms with Gasteiger partial charge in [-0.2, -0.15) is 5.10 Å². The number of carbonyl (C=O) groups excluding carboxylic acids is 1. The molecular formula is C24H22BrClN2O3. The Morgan fingerprint density at radius 2 is 1.84 bits per heavy atom. The van der Waals surface area contributed by atoms with Gasteiger partial charge in [0.15, 0.2) is 6.61 Å². The third kappa shape index (κ3) is 7.12. The summed E-state index contributed by atoms with van der Waals surface area (Å²) >= 11 is 9.57. The Bertz CT molecular complexity index is 1050. The second kappa shape index (κ2) is 11.5. The summed E-state index contributed by atoms with van der Waals surface area (Å²) in [4.78, 5) is 12.0. The van der Waals surface area contributed by atoms with Gasteiger partial charge in [-0.25, -0.2) is 5.43 Å². The van der Waals surface area contributed by atoms with Crippen LogP contribution in [0.4, 0.5) is 0 Å². The molecule has 0 bridgehead atoms. The van der Waals surface area contributed by atoms with E-state index in [2.05, 4.69) is 26.5 Å². The first-order valence-electron chi connectivity index (χ1n) is 9.74. The van der Waals surface area contributed by atoms with Crippen molar-refractivity contribution in [1.82, 2.24) is 5.43 Å². The van der Waals surface area contributed by atoms with Gasteiger partial charge in [-0.1, -0.05) is 52.7 Å². The number of amides is 1. The Hall–Kier alpha value is -2.83. The highest BCUT2D eigenvalue weighted by atomic mass is 79.9. The first-order chi connectivity index (χ1) is 15.0. The van der Waals surface area contributed by atoms with Gasteiger partial charge in [-0.3, -0.25) is 4.79 Å². The lowest BCUT2D eigenvalue weighted by molar-refractivity contribution is -0.123. The summed E-state index contributed by atoms with van der Waals surface area (Å²) in [6, 6.07) is 20.6. The highest BCUT2D eigenvalue weighted by Gasteiger charge is 2.06. The van der Waals surface area contributed by atoms with E-state index in [9.17, 15) is 4.79 Å². The smallest absolute Gasteiger partial charge is 0.277 e. The molecule has 0 heterocycles. The molecular weight excluding hydrogens is 480 g/mol. The van der Waals surface area contributed by atoms with Crippen LogP contribution in [0.1, 0.15) is 23.6 Å². The van der Waals surface area contributed by atoms with Gasteiger partial charge in [0.1, 0.15) is 18.1 Å². The van der Waals surface area contributed by atoms with E-state index in [1.54, 1.807) is 6.21 Å². The lowest BCUT2D eigenvalue weighted by Gasteiger charge is -2.10. The summed E-state index contributed by atoms with van der Waals surface area (Å²) in [5.41, 5.74) is 5.25.